The first-order valence-corrected chi connectivity index (χ1v) is 10.9. The summed E-state index contributed by atoms with van der Waals surface area (Å²) in [5.74, 6) is 1.32. The molecule has 2 amide bonds. The fraction of sp³-hybridized carbons (Fsp3) is 0.273. The zero-order valence-electron chi connectivity index (χ0n) is 17.3. The SMILES string of the molecule is Cc1ccccc1OCc1nc(SCC(=O)N2c3ccccc3NC(=O)C[C@H]2C)n[nH]1. The fourth-order valence-electron chi connectivity index (χ4n) is 3.44. The third kappa shape index (κ3) is 4.88. The van der Waals surface area contributed by atoms with Crippen molar-refractivity contribution in [3.63, 3.8) is 0 Å². The van der Waals surface area contributed by atoms with Crippen molar-refractivity contribution in [3.05, 3.63) is 59.9 Å². The van der Waals surface area contributed by atoms with Crippen molar-refractivity contribution in [2.45, 2.75) is 38.1 Å². The minimum atomic E-state index is -0.248. The van der Waals surface area contributed by atoms with Crippen molar-refractivity contribution in [3.8, 4) is 5.75 Å². The molecule has 0 saturated heterocycles. The molecule has 3 aromatic rings. The zero-order valence-corrected chi connectivity index (χ0v) is 18.1. The molecular weight excluding hydrogens is 414 g/mol. The van der Waals surface area contributed by atoms with Gasteiger partial charge in [0.15, 0.2) is 5.82 Å². The Bertz CT molecular complexity index is 1100. The van der Waals surface area contributed by atoms with Crippen LogP contribution in [0.4, 0.5) is 11.4 Å². The molecule has 160 valence electrons. The Morgan fingerprint density at radius 3 is 2.84 bits per heavy atom. The van der Waals surface area contributed by atoms with Gasteiger partial charge in [0.25, 0.3) is 0 Å². The van der Waals surface area contributed by atoms with Gasteiger partial charge in [0.2, 0.25) is 17.0 Å². The molecule has 0 radical (unpaired) electrons. The highest BCUT2D eigenvalue weighted by molar-refractivity contribution is 7.99. The number of nitrogens with one attached hydrogen (secondary N) is 2. The summed E-state index contributed by atoms with van der Waals surface area (Å²) < 4.78 is 5.78. The van der Waals surface area contributed by atoms with Gasteiger partial charge < -0.3 is 15.0 Å². The monoisotopic (exact) mass is 437 g/mol. The second kappa shape index (κ2) is 9.22. The molecule has 0 aliphatic carbocycles. The first kappa shape index (κ1) is 20.9. The van der Waals surface area contributed by atoms with E-state index in [-0.39, 0.29) is 36.6 Å². The van der Waals surface area contributed by atoms with Crippen LogP contribution in [-0.2, 0) is 16.2 Å². The Morgan fingerprint density at radius 2 is 2.00 bits per heavy atom. The van der Waals surface area contributed by atoms with Crippen LogP contribution < -0.4 is 15.0 Å². The maximum atomic E-state index is 13.0. The lowest BCUT2D eigenvalue weighted by molar-refractivity contribution is -0.117. The lowest BCUT2D eigenvalue weighted by Crippen LogP contribution is -2.40. The Labute approximate surface area is 184 Å². The van der Waals surface area contributed by atoms with Crippen LogP contribution in [0, 0.1) is 6.92 Å². The summed E-state index contributed by atoms with van der Waals surface area (Å²) in [6.45, 7) is 4.11. The number of ether oxygens (including phenoxy) is 1. The normalized spacial score (nSPS) is 15.7. The number of aromatic nitrogens is 3. The smallest absolute Gasteiger partial charge is 0.237 e. The minimum absolute atomic E-state index is 0.102. The molecule has 2 heterocycles. The molecule has 0 spiro atoms. The number of hydrogen-bond donors (Lipinski definition) is 2. The van der Waals surface area contributed by atoms with Crippen molar-refractivity contribution < 1.29 is 14.3 Å². The van der Waals surface area contributed by atoms with E-state index < -0.39 is 0 Å². The predicted molar refractivity (Wildman–Crippen MR) is 119 cm³/mol. The first-order valence-electron chi connectivity index (χ1n) is 9.94. The van der Waals surface area contributed by atoms with E-state index in [9.17, 15) is 9.59 Å². The number of hydrogen-bond acceptors (Lipinski definition) is 6. The van der Waals surface area contributed by atoms with E-state index in [1.807, 2.05) is 56.3 Å². The van der Waals surface area contributed by atoms with E-state index >= 15 is 0 Å². The van der Waals surface area contributed by atoms with E-state index in [4.69, 9.17) is 4.74 Å². The lowest BCUT2D eigenvalue weighted by Gasteiger charge is -2.27. The molecule has 8 nitrogen and oxygen atoms in total. The van der Waals surface area contributed by atoms with Crippen LogP contribution in [0.25, 0.3) is 0 Å². The van der Waals surface area contributed by atoms with Gasteiger partial charge in [-0.3, -0.25) is 14.7 Å². The van der Waals surface area contributed by atoms with Crippen molar-refractivity contribution >= 4 is 35.0 Å². The highest BCUT2D eigenvalue weighted by Gasteiger charge is 2.29. The van der Waals surface area contributed by atoms with E-state index in [2.05, 4.69) is 20.5 Å². The van der Waals surface area contributed by atoms with Gasteiger partial charge in [-0.05, 0) is 37.6 Å². The van der Waals surface area contributed by atoms with Gasteiger partial charge in [0.1, 0.15) is 12.4 Å². The number of aromatic amines is 1. The highest BCUT2D eigenvalue weighted by atomic mass is 32.2. The maximum absolute atomic E-state index is 13.0. The minimum Gasteiger partial charge on any atom is -0.485 e. The van der Waals surface area contributed by atoms with Crippen molar-refractivity contribution in [2.75, 3.05) is 16.0 Å². The second-order valence-electron chi connectivity index (χ2n) is 7.29. The number of fused-ring (bicyclic) bond motifs is 1. The van der Waals surface area contributed by atoms with E-state index in [1.165, 1.54) is 11.8 Å². The van der Waals surface area contributed by atoms with Gasteiger partial charge in [0.05, 0.1) is 17.1 Å². The van der Waals surface area contributed by atoms with E-state index in [0.717, 1.165) is 11.3 Å². The van der Waals surface area contributed by atoms with Crippen molar-refractivity contribution in [1.29, 1.82) is 0 Å². The predicted octanol–water partition coefficient (Wildman–Crippen LogP) is 3.55. The third-order valence-corrected chi connectivity index (χ3v) is 5.75. The maximum Gasteiger partial charge on any atom is 0.237 e. The molecule has 2 N–H and O–H groups in total. The molecule has 4 rings (SSSR count). The molecule has 0 bridgehead atoms. The summed E-state index contributed by atoms with van der Waals surface area (Å²) in [6.07, 6.45) is 0.242. The van der Waals surface area contributed by atoms with Crippen LogP contribution in [0.15, 0.2) is 53.7 Å². The quantitative estimate of drug-likeness (QED) is 0.572. The molecule has 1 atom stereocenters. The number of aryl methyl sites for hydroxylation is 1. The standard InChI is InChI=1S/C22H23N5O3S/c1-14-7-3-6-10-18(14)30-12-19-24-22(26-25-19)31-13-21(29)27-15(2)11-20(28)23-16-8-4-5-9-17(16)27/h3-10,15H,11-13H2,1-2H3,(H,23,28)(H,24,25,26)/t15-/m1/s1. The number of nitrogens with zero attached hydrogens (tertiary/aromatic N) is 3. The summed E-state index contributed by atoms with van der Waals surface area (Å²) in [5, 5.41) is 10.4. The average molecular weight is 438 g/mol. The molecular formula is C22H23N5O3S. The molecule has 0 unspecified atom stereocenters. The summed E-state index contributed by atoms with van der Waals surface area (Å²) >= 11 is 1.25. The number of benzene rings is 2. The molecule has 1 aliphatic rings. The second-order valence-corrected chi connectivity index (χ2v) is 8.23. The molecule has 31 heavy (non-hydrogen) atoms. The Kier molecular flexibility index (Phi) is 6.22. The zero-order chi connectivity index (χ0) is 21.8. The summed E-state index contributed by atoms with van der Waals surface area (Å²) in [5.41, 5.74) is 2.39. The Balaban J connectivity index is 1.39. The number of para-hydroxylation sites is 3. The molecule has 1 aliphatic heterocycles. The van der Waals surface area contributed by atoms with Crippen molar-refractivity contribution in [1.82, 2.24) is 15.2 Å². The number of thioether (sulfide) groups is 1. The number of amides is 2. The average Bonchev–Trinajstić information content (AvgIpc) is 3.15. The van der Waals surface area contributed by atoms with E-state index in [0.29, 0.717) is 22.4 Å². The number of H-pyrrole nitrogens is 1. The van der Waals surface area contributed by atoms with Gasteiger partial charge in [-0.15, -0.1) is 5.10 Å². The molecule has 0 saturated carbocycles. The lowest BCUT2D eigenvalue weighted by atomic mass is 10.2. The van der Waals surface area contributed by atoms with Gasteiger partial charge in [-0.1, -0.05) is 42.1 Å². The Morgan fingerprint density at radius 1 is 1.23 bits per heavy atom. The third-order valence-electron chi connectivity index (χ3n) is 4.92. The summed E-state index contributed by atoms with van der Waals surface area (Å²) in [6, 6.07) is 14.8. The number of anilines is 2. The molecule has 1 aromatic heterocycles. The molecule has 9 heteroatoms. The van der Waals surface area contributed by atoms with Crippen LogP contribution in [-0.4, -0.2) is 38.8 Å². The van der Waals surface area contributed by atoms with Crippen LogP contribution in [0.2, 0.25) is 0 Å². The van der Waals surface area contributed by atoms with Crippen LogP contribution in [0.3, 0.4) is 0 Å². The van der Waals surface area contributed by atoms with Crippen LogP contribution in [0.1, 0.15) is 24.7 Å². The number of rotatable bonds is 6. The van der Waals surface area contributed by atoms with Crippen LogP contribution in [0.5, 0.6) is 5.75 Å². The first-order chi connectivity index (χ1) is 15.0. The Hall–Kier alpha value is -3.33. The largest absolute Gasteiger partial charge is 0.485 e. The highest BCUT2D eigenvalue weighted by Crippen LogP contribution is 2.32. The van der Waals surface area contributed by atoms with Crippen LogP contribution >= 0.6 is 11.8 Å². The summed E-state index contributed by atoms with van der Waals surface area (Å²) in [7, 11) is 0. The van der Waals surface area contributed by atoms with Crippen molar-refractivity contribution in [2.24, 2.45) is 0 Å². The number of carbonyl (C=O) groups excluding carboxylic acids is 2. The number of carbonyl (C=O) groups is 2. The topological polar surface area (TPSA) is 100 Å². The van der Waals surface area contributed by atoms with Gasteiger partial charge in [-0.25, -0.2) is 4.98 Å². The van der Waals surface area contributed by atoms with E-state index in [1.54, 1.807) is 11.0 Å². The molecule has 0 fully saturated rings. The van der Waals surface area contributed by atoms with Gasteiger partial charge in [0, 0.05) is 12.5 Å². The molecule has 2 aromatic carbocycles. The summed E-state index contributed by atoms with van der Waals surface area (Å²) in [4.78, 5) is 31.2. The van der Waals surface area contributed by atoms with Gasteiger partial charge >= 0.3 is 0 Å². The van der Waals surface area contributed by atoms with Gasteiger partial charge in [-0.2, -0.15) is 0 Å². The fourth-order valence-corrected chi connectivity index (χ4v) is 4.11.